The lowest BCUT2D eigenvalue weighted by Crippen LogP contribution is -2.56. The maximum Gasteiger partial charge on any atom is 0.326 e. The molecule has 0 aromatic heterocycles. The van der Waals surface area contributed by atoms with Crippen molar-refractivity contribution in [3.05, 3.63) is 27.3 Å². The Morgan fingerprint density at radius 2 is 2.05 bits per heavy atom. The molecular weight excluding hydrogens is 385 g/mol. The van der Waals surface area contributed by atoms with E-state index in [0.717, 1.165) is 12.8 Å². The first kappa shape index (κ1) is 16.1. The van der Waals surface area contributed by atoms with Gasteiger partial charge < -0.3 is 15.1 Å². The zero-order valence-corrected chi connectivity index (χ0v) is 14.1. The second kappa shape index (κ2) is 5.82. The molecule has 1 aliphatic heterocycles. The Labute approximate surface area is 137 Å². The van der Waals surface area contributed by atoms with Crippen LogP contribution in [0.4, 0.5) is 0 Å². The van der Waals surface area contributed by atoms with Gasteiger partial charge in [-0.05, 0) is 59.0 Å². The lowest BCUT2D eigenvalue weighted by atomic mass is 9.76. The number of phenolic OH excluding ortho intramolecular Hbond substituents is 1. The summed E-state index contributed by atoms with van der Waals surface area (Å²) in [6.07, 6.45) is 1.55. The molecule has 1 unspecified atom stereocenters. The monoisotopic (exact) mass is 403 g/mol. The van der Waals surface area contributed by atoms with E-state index in [4.69, 9.17) is 0 Å². The van der Waals surface area contributed by atoms with E-state index in [0.29, 0.717) is 15.7 Å². The second-order valence-electron chi connectivity index (χ2n) is 6.00. The predicted octanol–water partition coefficient (Wildman–Crippen LogP) is 2.71. The molecule has 2 rings (SSSR count). The molecule has 1 fully saturated rings. The number of nitrogens with zero attached hydrogens (tertiary/aromatic N) is 1. The van der Waals surface area contributed by atoms with Gasteiger partial charge in [-0.2, -0.15) is 0 Å². The number of halogens is 1. The van der Waals surface area contributed by atoms with Gasteiger partial charge in [-0.1, -0.05) is 13.8 Å². The van der Waals surface area contributed by atoms with Crippen molar-refractivity contribution in [3.8, 4) is 5.75 Å². The summed E-state index contributed by atoms with van der Waals surface area (Å²) in [5.74, 6) is -1.30. The van der Waals surface area contributed by atoms with Crippen molar-refractivity contribution >= 4 is 34.5 Å². The highest BCUT2D eigenvalue weighted by Gasteiger charge is 2.44. The number of aliphatic carboxylic acids is 1. The van der Waals surface area contributed by atoms with Crippen LogP contribution in [-0.2, 0) is 4.79 Å². The topological polar surface area (TPSA) is 77.8 Å². The number of aromatic hydroxyl groups is 1. The third kappa shape index (κ3) is 3.14. The molecule has 0 saturated carbocycles. The Bertz CT molecular complexity index is 585. The van der Waals surface area contributed by atoms with Crippen LogP contribution in [0.15, 0.2) is 18.2 Å². The van der Waals surface area contributed by atoms with E-state index in [1.807, 2.05) is 36.4 Å². The largest absolute Gasteiger partial charge is 0.507 e. The van der Waals surface area contributed by atoms with Gasteiger partial charge in [-0.15, -0.1) is 0 Å². The first-order chi connectivity index (χ1) is 9.74. The number of hydrogen-bond acceptors (Lipinski definition) is 3. The van der Waals surface area contributed by atoms with Crippen molar-refractivity contribution in [2.75, 3.05) is 6.54 Å². The van der Waals surface area contributed by atoms with Gasteiger partial charge in [0.2, 0.25) is 0 Å². The summed E-state index contributed by atoms with van der Waals surface area (Å²) in [7, 11) is 0. The van der Waals surface area contributed by atoms with E-state index in [9.17, 15) is 19.8 Å². The minimum Gasteiger partial charge on any atom is -0.507 e. The number of hydrogen-bond donors (Lipinski definition) is 2. The molecule has 6 heteroatoms. The van der Waals surface area contributed by atoms with Gasteiger partial charge >= 0.3 is 5.97 Å². The molecule has 1 aliphatic rings. The summed E-state index contributed by atoms with van der Waals surface area (Å²) < 4.78 is 0.651. The molecule has 2 N–H and O–H groups in total. The van der Waals surface area contributed by atoms with E-state index in [-0.39, 0.29) is 11.7 Å². The maximum absolute atomic E-state index is 12.6. The molecule has 1 amide bonds. The van der Waals surface area contributed by atoms with Crippen molar-refractivity contribution in [2.45, 2.75) is 32.7 Å². The van der Waals surface area contributed by atoms with Crippen molar-refractivity contribution in [1.29, 1.82) is 0 Å². The molecule has 114 valence electrons. The van der Waals surface area contributed by atoms with E-state index in [1.54, 1.807) is 12.1 Å². The molecule has 0 aliphatic carbocycles. The minimum atomic E-state index is -0.984. The average Bonchev–Trinajstić information content (AvgIpc) is 2.39. The van der Waals surface area contributed by atoms with Crippen LogP contribution < -0.4 is 0 Å². The molecule has 1 saturated heterocycles. The number of carbonyl (C=O) groups excluding carboxylic acids is 1. The predicted molar refractivity (Wildman–Crippen MR) is 86.3 cm³/mol. The van der Waals surface area contributed by atoms with Gasteiger partial charge in [0, 0.05) is 12.1 Å². The molecule has 1 heterocycles. The number of amides is 1. The van der Waals surface area contributed by atoms with Crippen molar-refractivity contribution in [3.63, 3.8) is 0 Å². The van der Waals surface area contributed by atoms with Gasteiger partial charge in [0.05, 0.1) is 3.57 Å². The van der Waals surface area contributed by atoms with Crippen molar-refractivity contribution in [1.82, 2.24) is 4.90 Å². The van der Waals surface area contributed by atoms with Crippen LogP contribution in [0, 0.1) is 8.99 Å². The van der Waals surface area contributed by atoms with Crippen LogP contribution in [0.3, 0.4) is 0 Å². The van der Waals surface area contributed by atoms with E-state index >= 15 is 0 Å². The third-order valence-electron chi connectivity index (χ3n) is 3.96. The van der Waals surface area contributed by atoms with Crippen LogP contribution >= 0.6 is 22.6 Å². The molecule has 21 heavy (non-hydrogen) atoms. The summed E-state index contributed by atoms with van der Waals surface area (Å²) >= 11 is 1.97. The number of carbonyl (C=O) groups is 2. The molecular formula is C15H18INO4. The number of rotatable bonds is 2. The summed E-state index contributed by atoms with van der Waals surface area (Å²) in [4.78, 5) is 25.6. The number of benzene rings is 1. The molecule has 0 spiro atoms. The molecule has 1 aromatic carbocycles. The fourth-order valence-electron chi connectivity index (χ4n) is 2.89. The lowest BCUT2D eigenvalue weighted by molar-refractivity contribution is -0.148. The Morgan fingerprint density at radius 3 is 2.62 bits per heavy atom. The number of likely N-dealkylation sites (tertiary alicyclic amines) is 1. The Hall–Kier alpha value is -1.31. The maximum atomic E-state index is 12.6. The molecule has 1 atom stereocenters. The molecule has 0 radical (unpaired) electrons. The quantitative estimate of drug-likeness (QED) is 0.745. The first-order valence-electron chi connectivity index (χ1n) is 6.76. The standard InChI is InChI=1S/C15H18INO4/c1-15(2)6-3-7-17(12(15)14(20)21)13(19)9-4-5-10(16)11(18)8-9/h4-5,8,12,18H,3,6-7H2,1-2H3,(H,20,21). The zero-order valence-electron chi connectivity index (χ0n) is 12.0. The zero-order chi connectivity index (χ0) is 15.8. The van der Waals surface area contributed by atoms with Crippen LogP contribution in [0.25, 0.3) is 0 Å². The number of carboxylic acids is 1. The van der Waals surface area contributed by atoms with Gasteiger partial charge in [-0.3, -0.25) is 4.79 Å². The Kier molecular flexibility index (Phi) is 4.46. The highest BCUT2D eigenvalue weighted by atomic mass is 127. The molecule has 0 bridgehead atoms. The second-order valence-corrected chi connectivity index (χ2v) is 7.16. The van der Waals surface area contributed by atoms with Gasteiger partial charge in [0.1, 0.15) is 11.8 Å². The minimum absolute atomic E-state index is 0.0320. The van der Waals surface area contributed by atoms with Gasteiger partial charge in [0.25, 0.3) is 5.91 Å². The van der Waals surface area contributed by atoms with Crippen LogP contribution in [0.5, 0.6) is 5.75 Å². The highest BCUT2D eigenvalue weighted by Crippen LogP contribution is 2.36. The summed E-state index contributed by atoms with van der Waals surface area (Å²) in [6, 6.07) is 3.81. The normalized spacial score (nSPS) is 21.1. The van der Waals surface area contributed by atoms with Crippen LogP contribution in [-0.4, -0.2) is 39.6 Å². The van der Waals surface area contributed by atoms with Crippen LogP contribution in [0.1, 0.15) is 37.0 Å². The fourth-order valence-corrected chi connectivity index (χ4v) is 3.23. The van der Waals surface area contributed by atoms with Gasteiger partial charge in [0.15, 0.2) is 0 Å². The van der Waals surface area contributed by atoms with E-state index in [1.165, 1.54) is 11.0 Å². The SMILES string of the molecule is CC1(C)CCCN(C(=O)c2ccc(I)c(O)c2)C1C(=O)O. The third-order valence-corrected chi connectivity index (χ3v) is 4.87. The average molecular weight is 403 g/mol. The number of phenols is 1. The van der Waals surface area contributed by atoms with Crippen molar-refractivity contribution in [2.24, 2.45) is 5.41 Å². The van der Waals surface area contributed by atoms with Crippen molar-refractivity contribution < 1.29 is 19.8 Å². The first-order valence-corrected chi connectivity index (χ1v) is 7.84. The summed E-state index contributed by atoms with van der Waals surface area (Å²) in [5.41, 5.74) is -0.151. The Morgan fingerprint density at radius 1 is 1.38 bits per heavy atom. The van der Waals surface area contributed by atoms with E-state index < -0.39 is 17.4 Å². The highest BCUT2D eigenvalue weighted by molar-refractivity contribution is 14.1. The number of carboxylic acid groups (broad SMARTS) is 1. The Balaban J connectivity index is 2.35. The van der Waals surface area contributed by atoms with E-state index in [2.05, 4.69) is 0 Å². The molecule has 5 nitrogen and oxygen atoms in total. The lowest BCUT2D eigenvalue weighted by Gasteiger charge is -2.44. The van der Waals surface area contributed by atoms with Gasteiger partial charge in [-0.25, -0.2) is 4.79 Å². The van der Waals surface area contributed by atoms with Crippen LogP contribution in [0.2, 0.25) is 0 Å². The summed E-state index contributed by atoms with van der Waals surface area (Å²) in [5, 5.41) is 19.2. The smallest absolute Gasteiger partial charge is 0.326 e. The molecule has 1 aromatic rings. The number of piperidine rings is 1. The summed E-state index contributed by atoms with van der Waals surface area (Å²) in [6.45, 7) is 4.17. The fraction of sp³-hybridized carbons (Fsp3) is 0.467.